The van der Waals surface area contributed by atoms with E-state index in [1.807, 2.05) is 37.3 Å². The molecule has 0 unspecified atom stereocenters. The number of carbonyl (C=O) groups excluding carboxylic acids is 1. The third kappa shape index (κ3) is 5.08. The van der Waals surface area contributed by atoms with Gasteiger partial charge in [0.2, 0.25) is 0 Å². The monoisotopic (exact) mass is 275 g/mol. The van der Waals surface area contributed by atoms with Crippen molar-refractivity contribution in [1.29, 1.82) is 0 Å². The largest absolute Gasteiger partial charge is 0.463 e. The van der Waals surface area contributed by atoms with Crippen molar-refractivity contribution >= 4 is 11.7 Å². The summed E-state index contributed by atoms with van der Waals surface area (Å²) in [6.45, 7) is 8.40. The third-order valence-corrected chi connectivity index (χ3v) is 2.94. The summed E-state index contributed by atoms with van der Waals surface area (Å²) in [5.74, 6) is -0.274. The molecule has 0 spiro atoms. The quantitative estimate of drug-likeness (QED) is 0.535. The highest BCUT2D eigenvalue weighted by molar-refractivity contribution is 5.90. The molecule has 0 fully saturated rings. The second-order valence-corrected chi connectivity index (χ2v) is 4.63. The molecule has 1 aromatic rings. The number of hydrogen-bond acceptors (Lipinski definition) is 3. The predicted octanol–water partition coefficient (Wildman–Crippen LogP) is 3.71. The fraction of sp³-hybridized carbons (Fsp3) is 0.471. The van der Waals surface area contributed by atoms with Gasteiger partial charge >= 0.3 is 5.97 Å². The summed E-state index contributed by atoms with van der Waals surface area (Å²) in [6, 6.07) is 10.0. The van der Waals surface area contributed by atoms with Gasteiger partial charge in [-0.25, -0.2) is 4.79 Å². The van der Waals surface area contributed by atoms with E-state index in [1.54, 1.807) is 6.08 Å². The summed E-state index contributed by atoms with van der Waals surface area (Å²) >= 11 is 0. The van der Waals surface area contributed by atoms with E-state index < -0.39 is 0 Å². The molecule has 0 aliphatic heterocycles. The summed E-state index contributed by atoms with van der Waals surface area (Å²) in [7, 11) is 0. The molecule has 0 bridgehead atoms. The van der Waals surface area contributed by atoms with Gasteiger partial charge in [0, 0.05) is 19.2 Å². The molecule has 0 heterocycles. The van der Waals surface area contributed by atoms with Gasteiger partial charge in [-0.3, -0.25) is 0 Å². The summed E-state index contributed by atoms with van der Waals surface area (Å²) < 4.78 is 5.06. The van der Waals surface area contributed by atoms with Crippen LogP contribution in [0.3, 0.4) is 0 Å². The fourth-order valence-corrected chi connectivity index (χ4v) is 2.15. The van der Waals surface area contributed by atoms with Crippen LogP contribution in [0.2, 0.25) is 0 Å². The Morgan fingerprint density at radius 3 is 2.20 bits per heavy atom. The van der Waals surface area contributed by atoms with Gasteiger partial charge in [-0.05, 0) is 25.3 Å². The van der Waals surface area contributed by atoms with Crippen molar-refractivity contribution in [1.82, 2.24) is 4.90 Å². The highest BCUT2D eigenvalue weighted by atomic mass is 16.5. The van der Waals surface area contributed by atoms with Crippen molar-refractivity contribution in [2.24, 2.45) is 0 Å². The molecule has 0 radical (unpaired) electrons. The van der Waals surface area contributed by atoms with Crippen LogP contribution in [0.5, 0.6) is 0 Å². The second-order valence-electron chi connectivity index (χ2n) is 4.63. The van der Waals surface area contributed by atoms with Gasteiger partial charge in [0.05, 0.1) is 12.3 Å². The molecule has 3 nitrogen and oxygen atoms in total. The Bertz CT molecular complexity index is 420. The highest BCUT2D eigenvalue weighted by Crippen LogP contribution is 2.20. The Labute approximate surface area is 122 Å². The van der Waals surface area contributed by atoms with Crippen LogP contribution in [-0.4, -0.2) is 30.6 Å². The maximum absolute atomic E-state index is 11.8. The molecule has 20 heavy (non-hydrogen) atoms. The second kappa shape index (κ2) is 9.18. The molecule has 0 aliphatic rings. The highest BCUT2D eigenvalue weighted by Gasteiger charge is 2.12. The molecule has 1 aromatic carbocycles. The van der Waals surface area contributed by atoms with Gasteiger partial charge in [0.25, 0.3) is 0 Å². The van der Waals surface area contributed by atoms with E-state index in [-0.39, 0.29) is 5.97 Å². The molecule has 0 atom stereocenters. The van der Waals surface area contributed by atoms with Gasteiger partial charge < -0.3 is 9.64 Å². The number of hydrogen-bond donors (Lipinski definition) is 0. The molecule has 0 aliphatic carbocycles. The summed E-state index contributed by atoms with van der Waals surface area (Å²) in [5, 5.41) is 0. The van der Waals surface area contributed by atoms with Crippen LogP contribution in [0.25, 0.3) is 5.70 Å². The molecule has 0 N–H and O–H groups in total. The van der Waals surface area contributed by atoms with Crippen LogP contribution in [0.1, 0.15) is 39.2 Å². The number of benzene rings is 1. The third-order valence-electron chi connectivity index (χ3n) is 2.94. The minimum absolute atomic E-state index is 0.274. The first-order chi connectivity index (χ1) is 9.72. The lowest BCUT2D eigenvalue weighted by Gasteiger charge is -2.27. The first-order valence-corrected chi connectivity index (χ1v) is 7.41. The van der Waals surface area contributed by atoms with E-state index in [4.69, 9.17) is 4.74 Å². The lowest BCUT2D eigenvalue weighted by molar-refractivity contribution is -0.137. The van der Waals surface area contributed by atoms with Crippen LogP contribution in [0.15, 0.2) is 36.4 Å². The van der Waals surface area contributed by atoms with Crippen molar-refractivity contribution < 1.29 is 9.53 Å². The number of carbonyl (C=O) groups is 1. The molecule has 0 saturated carbocycles. The van der Waals surface area contributed by atoms with Crippen molar-refractivity contribution in [3.8, 4) is 0 Å². The number of ether oxygens (including phenoxy) is 1. The predicted molar refractivity (Wildman–Crippen MR) is 83.2 cm³/mol. The van der Waals surface area contributed by atoms with Crippen molar-refractivity contribution in [3.63, 3.8) is 0 Å². The maximum atomic E-state index is 11.8. The molecular formula is C17H25NO2. The van der Waals surface area contributed by atoms with E-state index in [2.05, 4.69) is 18.7 Å². The van der Waals surface area contributed by atoms with E-state index in [1.165, 1.54) is 0 Å². The Morgan fingerprint density at radius 1 is 1.10 bits per heavy atom. The van der Waals surface area contributed by atoms with Crippen LogP contribution in [-0.2, 0) is 9.53 Å². The Kier molecular flexibility index (Phi) is 7.48. The van der Waals surface area contributed by atoms with Crippen molar-refractivity contribution in [3.05, 3.63) is 42.0 Å². The Balaban J connectivity index is 3.08. The maximum Gasteiger partial charge on any atom is 0.332 e. The first-order valence-electron chi connectivity index (χ1n) is 7.41. The summed E-state index contributed by atoms with van der Waals surface area (Å²) in [5.41, 5.74) is 2.01. The lowest BCUT2D eigenvalue weighted by Crippen LogP contribution is -2.25. The van der Waals surface area contributed by atoms with E-state index in [9.17, 15) is 4.79 Å². The topological polar surface area (TPSA) is 29.5 Å². The molecule has 1 rings (SSSR count). The normalized spacial score (nSPS) is 11.2. The van der Waals surface area contributed by atoms with Gasteiger partial charge in [-0.1, -0.05) is 44.2 Å². The van der Waals surface area contributed by atoms with Crippen LogP contribution >= 0.6 is 0 Å². The fourth-order valence-electron chi connectivity index (χ4n) is 2.15. The smallest absolute Gasteiger partial charge is 0.332 e. The average Bonchev–Trinajstić information content (AvgIpc) is 2.46. The summed E-state index contributed by atoms with van der Waals surface area (Å²) in [4.78, 5) is 14.1. The molecule has 0 saturated heterocycles. The van der Waals surface area contributed by atoms with Crippen molar-refractivity contribution in [2.75, 3.05) is 19.7 Å². The van der Waals surface area contributed by atoms with Crippen LogP contribution in [0.4, 0.5) is 0 Å². The number of esters is 1. The average molecular weight is 275 g/mol. The lowest BCUT2D eigenvalue weighted by atomic mass is 10.1. The molecule has 0 amide bonds. The van der Waals surface area contributed by atoms with Crippen LogP contribution in [0, 0.1) is 0 Å². The van der Waals surface area contributed by atoms with Crippen LogP contribution < -0.4 is 0 Å². The molecule has 110 valence electrons. The molecular weight excluding hydrogens is 250 g/mol. The van der Waals surface area contributed by atoms with E-state index in [0.717, 1.165) is 37.2 Å². The minimum Gasteiger partial charge on any atom is -0.463 e. The minimum atomic E-state index is -0.274. The number of rotatable bonds is 8. The first kappa shape index (κ1) is 16.3. The zero-order valence-corrected chi connectivity index (χ0v) is 12.8. The van der Waals surface area contributed by atoms with E-state index >= 15 is 0 Å². The van der Waals surface area contributed by atoms with E-state index in [0.29, 0.717) is 6.61 Å². The van der Waals surface area contributed by atoms with Gasteiger partial charge in [-0.15, -0.1) is 0 Å². The molecule has 3 heteroatoms. The standard InChI is InChI=1S/C17H25NO2/c1-4-12-18(13-5-2)16(14-17(19)20-6-3)15-10-8-7-9-11-15/h7-11,14H,4-6,12-13H2,1-3H3/b16-14+. The SMILES string of the molecule is CCCN(CCC)/C(=C/C(=O)OCC)c1ccccc1. The van der Waals surface area contributed by atoms with Crippen molar-refractivity contribution in [2.45, 2.75) is 33.6 Å². The van der Waals surface area contributed by atoms with Gasteiger partial charge in [0.1, 0.15) is 0 Å². The van der Waals surface area contributed by atoms with Gasteiger partial charge in [-0.2, -0.15) is 0 Å². The zero-order valence-electron chi connectivity index (χ0n) is 12.8. The summed E-state index contributed by atoms with van der Waals surface area (Å²) in [6.07, 6.45) is 3.71. The van der Waals surface area contributed by atoms with Gasteiger partial charge in [0.15, 0.2) is 0 Å². The Hall–Kier alpha value is -1.77. The Morgan fingerprint density at radius 2 is 1.70 bits per heavy atom. The zero-order chi connectivity index (χ0) is 14.8. The molecule has 0 aromatic heterocycles. The number of nitrogens with zero attached hydrogens (tertiary/aromatic N) is 1.